The molecule has 0 saturated heterocycles. The summed E-state index contributed by atoms with van der Waals surface area (Å²) in [6.07, 6.45) is 0. The highest BCUT2D eigenvalue weighted by molar-refractivity contribution is 7.13. The van der Waals surface area contributed by atoms with Crippen molar-refractivity contribution in [3.63, 3.8) is 0 Å². The van der Waals surface area contributed by atoms with Gasteiger partial charge in [-0.1, -0.05) is 12.1 Å². The first-order chi connectivity index (χ1) is 9.78. The Labute approximate surface area is 120 Å². The molecule has 0 unspecified atom stereocenters. The molecule has 2 aromatic carbocycles. The van der Waals surface area contributed by atoms with E-state index in [1.54, 1.807) is 30.6 Å². The molecule has 0 saturated carbocycles. The van der Waals surface area contributed by atoms with Crippen LogP contribution in [0.15, 0.2) is 53.9 Å². The van der Waals surface area contributed by atoms with Gasteiger partial charge in [-0.15, -0.1) is 11.3 Å². The largest absolute Gasteiger partial charge is 0.496 e. The molecule has 0 bridgehead atoms. The zero-order valence-corrected chi connectivity index (χ0v) is 11.7. The van der Waals surface area contributed by atoms with Crippen molar-refractivity contribution < 1.29 is 9.13 Å². The maximum absolute atomic E-state index is 12.9. The summed E-state index contributed by atoms with van der Waals surface area (Å²) in [6, 6.07) is 14.1. The molecule has 1 aromatic heterocycles. The van der Waals surface area contributed by atoms with E-state index < -0.39 is 0 Å². The number of ether oxygens (including phenoxy) is 1. The van der Waals surface area contributed by atoms with Crippen LogP contribution in [0.3, 0.4) is 0 Å². The van der Waals surface area contributed by atoms with Gasteiger partial charge in [0.25, 0.3) is 0 Å². The second-order valence-corrected chi connectivity index (χ2v) is 5.10. The molecule has 0 aliphatic carbocycles. The number of methoxy groups -OCH3 is 1. The standard InChI is InChI=1S/C16H12FNOS/c1-19-15-5-3-2-4-13(15)16-18-14(10-20-16)11-6-8-12(17)9-7-11/h2-10H,1H3. The minimum atomic E-state index is -0.242. The summed E-state index contributed by atoms with van der Waals surface area (Å²) in [6.45, 7) is 0. The number of rotatable bonds is 3. The van der Waals surface area contributed by atoms with Crippen molar-refractivity contribution in [2.45, 2.75) is 0 Å². The van der Waals surface area contributed by atoms with Crippen LogP contribution in [-0.2, 0) is 0 Å². The highest BCUT2D eigenvalue weighted by Gasteiger charge is 2.10. The molecule has 1 heterocycles. The molecule has 0 spiro atoms. The lowest BCUT2D eigenvalue weighted by molar-refractivity contribution is 0.416. The van der Waals surface area contributed by atoms with E-state index in [0.717, 1.165) is 27.6 Å². The van der Waals surface area contributed by atoms with E-state index in [4.69, 9.17) is 4.74 Å². The van der Waals surface area contributed by atoms with Crippen LogP contribution in [0.4, 0.5) is 4.39 Å². The van der Waals surface area contributed by atoms with Crippen LogP contribution in [-0.4, -0.2) is 12.1 Å². The molecule has 100 valence electrons. The Hall–Kier alpha value is -2.20. The lowest BCUT2D eigenvalue weighted by Gasteiger charge is -2.04. The molecule has 2 nitrogen and oxygen atoms in total. The molecule has 0 fully saturated rings. The van der Waals surface area contributed by atoms with Crippen LogP contribution in [0.25, 0.3) is 21.8 Å². The second kappa shape index (κ2) is 5.43. The SMILES string of the molecule is COc1ccccc1-c1nc(-c2ccc(F)cc2)cs1. The summed E-state index contributed by atoms with van der Waals surface area (Å²) >= 11 is 1.55. The molecule has 4 heteroatoms. The van der Waals surface area contributed by atoms with Crippen molar-refractivity contribution >= 4 is 11.3 Å². The van der Waals surface area contributed by atoms with Crippen LogP contribution < -0.4 is 4.74 Å². The van der Waals surface area contributed by atoms with Gasteiger partial charge < -0.3 is 4.74 Å². The fraction of sp³-hybridized carbons (Fsp3) is 0.0625. The minimum absolute atomic E-state index is 0.242. The number of halogens is 1. The van der Waals surface area contributed by atoms with Crippen LogP contribution in [0, 0.1) is 5.82 Å². The van der Waals surface area contributed by atoms with Crippen molar-refractivity contribution in [3.8, 4) is 27.6 Å². The average Bonchev–Trinajstić information content (AvgIpc) is 2.97. The predicted octanol–water partition coefficient (Wildman–Crippen LogP) is 4.62. The number of thiazole rings is 1. The zero-order chi connectivity index (χ0) is 13.9. The third-order valence-corrected chi connectivity index (χ3v) is 3.86. The molecule has 0 atom stereocenters. The number of nitrogens with zero attached hydrogens (tertiary/aromatic N) is 1. The minimum Gasteiger partial charge on any atom is -0.496 e. The van der Waals surface area contributed by atoms with Crippen molar-refractivity contribution in [1.82, 2.24) is 4.98 Å². The summed E-state index contributed by atoms with van der Waals surface area (Å²) in [7, 11) is 1.65. The molecule has 3 rings (SSSR count). The van der Waals surface area contributed by atoms with E-state index in [0.29, 0.717) is 0 Å². The van der Waals surface area contributed by atoms with Gasteiger partial charge in [0.15, 0.2) is 0 Å². The summed E-state index contributed by atoms with van der Waals surface area (Å²) in [4.78, 5) is 4.61. The highest BCUT2D eigenvalue weighted by Crippen LogP contribution is 2.34. The first-order valence-electron chi connectivity index (χ1n) is 6.13. The van der Waals surface area contributed by atoms with E-state index in [1.807, 2.05) is 29.6 Å². The number of benzene rings is 2. The monoisotopic (exact) mass is 285 g/mol. The highest BCUT2D eigenvalue weighted by atomic mass is 32.1. The summed E-state index contributed by atoms with van der Waals surface area (Å²) in [5.41, 5.74) is 2.72. The van der Waals surface area contributed by atoms with Gasteiger partial charge in [-0.2, -0.15) is 0 Å². The predicted molar refractivity (Wildman–Crippen MR) is 79.5 cm³/mol. The fourth-order valence-corrected chi connectivity index (χ4v) is 2.83. The molecule has 0 amide bonds. The van der Waals surface area contributed by atoms with E-state index in [-0.39, 0.29) is 5.82 Å². The molecule has 0 aliphatic heterocycles. The first kappa shape index (κ1) is 12.8. The molecule has 20 heavy (non-hydrogen) atoms. The zero-order valence-electron chi connectivity index (χ0n) is 10.8. The lowest BCUT2D eigenvalue weighted by Crippen LogP contribution is -1.87. The van der Waals surface area contributed by atoms with Gasteiger partial charge in [0.2, 0.25) is 0 Å². The Morgan fingerprint density at radius 3 is 2.55 bits per heavy atom. The summed E-state index contributed by atoms with van der Waals surface area (Å²) in [5.74, 6) is 0.557. The van der Waals surface area contributed by atoms with Crippen molar-refractivity contribution in [1.29, 1.82) is 0 Å². The lowest BCUT2D eigenvalue weighted by atomic mass is 10.1. The van der Waals surface area contributed by atoms with Crippen LogP contribution in [0.2, 0.25) is 0 Å². The van der Waals surface area contributed by atoms with E-state index >= 15 is 0 Å². The Morgan fingerprint density at radius 2 is 1.80 bits per heavy atom. The third kappa shape index (κ3) is 2.42. The Bertz CT molecular complexity index is 721. The quantitative estimate of drug-likeness (QED) is 0.700. The Kier molecular flexibility index (Phi) is 3.48. The van der Waals surface area contributed by atoms with Gasteiger partial charge in [-0.05, 0) is 36.4 Å². The normalized spacial score (nSPS) is 10.5. The molecule has 3 aromatic rings. The molecular weight excluding hydrogens is 273 g/mol. The third-order valence-electron chi connectivity index (χ3n) is 2.98. The Balaban J connectivity index is 2.00. The van der Waals surface area contributed by atoms with Gasteiger partial charge in [-0.3, -0.25) is 0 Å². The van der Waals surface area contributed by atoms with Crippen LogP contribution in [0.1, 0.15) is 0 Å². The smallest absolute Gasteiger partial charge is 0.129 e. The summed E-state index contributed by atoms with van der Waals surface area (Å²) in [5, 5.41) is 2.86. The number of hydrogen-bond acceptors (Lipinski definition) is 3. The molecule has 0 radical (unpaired) electrons. The van der Waals surface area contributed by atoms with Crippen molar-refractivity contribution in [3.05, 3.63) is 59.7 Å². The van der Waals surface area contributed by atoms with Gasteiger partial charge in [0.1, 0.15) is 16.6 Å². The van der Waals surface area contributed by atoms with Gasteiger partial charge in [0.05, 0.1) is 18.4 Å². The average molecular weight is 285 g/mol. The van der Waals surface area contributed by atoms with Crippen molar-refractivity contribution in [2.24, 2.45) is 0 Å². The van der Waals surface area contributed by atoms with Gasteiger partial charge in [0, 0.05) is 10.9 Å². The first-order valence-corrected chi connectivity index (χ1v) is 7.01. The van der Waals surface area contributed by atoms with Crippen molar-refractivity contribution in [2.75, 3.05) is 7.11 Å². The fourth-order valence-electron chi connectivity index (χ4n) is 1.97. The van der Waals surface area contributed by atoms with E-state index in [2.05, 4.69) is 4.98 Å². The maximum Gasteiger partial charge on any atom is 0.129 e. The summed E-state index contributed by atoms with van der Waals surface area (Å²) < 4.78 is 18.3. The molecule has 0 N–H and O–H groups in total. The van der Waals surface area contributed by atoms with E-state index in [1.165, 1.54) is 12.1 Å². The molecule has 0 aliphatic rings. The number of para-hydroxylation sites is 1. The maximum atomic E-state index is 12.9. The molecular formula is C16H12FNOS. The Morgan fingerprint density at radius 1 is 1.05 bits per heavy atom. The number of hydrogen-bond donors (Lipinski definition) is 0. The van der Waals surface area contributed by atoms with Crippen LogP contribution in [0.5, 0.6) is 5.75 Å². The number of aromatic nitrogens is 1. The topological polar surface area (TPSA) is 22.1 Å². The van der Waals surface area contributed by atoms with Gasteiger partial charge in [-0.25, -0.2) is 9.37 Å². The second-order valence-electron chi connectivity index (χ2n) is 4.25. The van der Waals surface area contributed by atoms with Gasteiger partial charge >= 0.3 is 0 Å². The van der Waals surface area contributed by atoms with Crippen LogP contribution >= 0.6 is 11.3 Å². The van der Waals surface area contributed by atoms with E-state index in [9.17, 15) is 4.39 Å².